The van der Waals surface area contributed by atoms with Crippen molar-refractivity contribution in [2.45, 2.75) is 58.2 Å². The summed E-state index contributed by atoms with van der Waals surface area (Å²) in [5.41, 5.74) is 6.58. The first kappa shape index (κ1) is 18.2. The fourth-order valence-corrected chi connectivity index (χ4v) is 1.92. The molecule has 122 valence electrons. The molecule has 0 heterocycles. The number of hydrogen-bond acceptors (Lipinski definition) is 4. The molecule has 0 fully saturated rings. The van der Waals surface area contributed by atoms with E-state index in [4.69, 9.17) is 10.5 Å². The maximum Gasteiger partial charge on any atom is 0.306 e. The normalized spacial score (nSPS) is 13.2. The predicted octanol–water partition coefficient (Wildman–Crippen LogP) is 2.14. The fraction of sp³-hybridized carbons (Fsp3) is 0.529. The third-order valence-electron chi connectivity index (χ3n) is 3.26. The maximum atomic E-state index is 11.7. The number of esters is 1. The minimum atomic E-state index is -0.250. The third kappa shape index (κ3) is 8.42. The van der Waals surface area contributed by atoms with E-state index in [1.807, 2.05) is 44.2 Å². The number of rotatable bonds is 9. The van der Waals surface area contributed by atoms with Gasteiger partial charge in [0.15, 0.2) is 0 Å². The maximum absolute atomic E-state index is 11.7. The van der Waals surface area contributed by atoms with Crippen molar-refractivity contribution in [1.82, 2.24) is 5.32 Å². The SMILES string of the molecule is CC(N)CCC(=O)NC(C)CCC(=O)OCc1ccccc1. The van der Waals surface area contributed by atoms with E-state index in [9.17, 15) is 9.59 Å². The Bertz CT molecular complexity index is 460. The molecule has 5 heteroatoms. The van der Waals surface area contributed by atoms with Crippen LogP contribution in [0.25, 0.3) is 0 Å². The first-order valence-corrected chi connectivity index (χ1v) is 7.72. The van der Waals surface area contributed by atoms with E-state index in [2.05, 4.69) is 5.32 Å². The second kappa shape index (κ2) is 9.95. The van der Waals surface area contributed by atoms with Crippen LogP contribution < -0.4 is 11.1 Å². The van der Waals surface area contributed by atoms with E-state index in [0.29, 0.717) is 25.7 Å². The summed E-state index contributed by atoms with van der Waals surface area (Å²) in [5.74, 6) is -0.275. The van der Waals surface area contributed by atoms with E-state index in [0.717, 1.165) is 5.56 Å². The van der Waals surface area contributed by atoms with Crippen molar-refractivity contribution in [2.75, 3.05) is 0 Å². The lowest BCUT2D eigenvalue weighted by molar-refractivity contribution is -0.145. The van der Waals surface area contributed by atoms with Crippen LogP contribution in [0.1, 0.15) is 45.1 Å². The van der Waals surface area contributed by atoms with Crippen LogP contribution in [0.3, 0.4) is 0 Å². The molecule has 2 atom stereocenters. The van der Waals surface area contributed by atoms with Gasteiger partial charge in [-0.1, -0.05) is 30.3 Å². The molecule has 0 spiro atoms. The van der Waals surface area contributed by atoms with Gasteiger partial charge < -0.3 is 15.8 Å². The molecule has 1 amide bonds. The Labute approximate surface area is 132 Å². The van der Waals surface area contributed by atoms with Crippen molar-refractivity contribution in [1.29, 1.82) is 0 Å². The minimum Gasteiger partial charge on any atom is -0.461 e. The minimum absolute atomic E-state index is 0.0222. The second-order valence-electron chi connectivity index (χ2n) is 5.67. The molecule has 5 nitrogen and oxygen atoms in total. The van der Waals surface area contributed by atoms with Crippen LogP contribution in [-0.4, -0.2) is 24.0 Å². The molecule has 0 aliphatic heterocycles. The van der Waals surface area contributed by atoms with Crippen LogP contribution in [0.2, 0.25) is 0 Å². The number of amides is 1. The van der Waals surface area contributed by atoms with Crippen molar-refractivity contribution in [3.8, 4) is 0 Å². The van der Waals surface area contributed by atoms with E-state index in [1.165, 1.54) is 0 Å². The summed E-state index contributed by atoms with van der Waals surface area (Å²) in [4.78, 5) is 23.3. The van der Waals surface area contributed by atoms with Crippen molar-refractivity contribution >= 4 is 11.9 Å². The first-order chi connectivity index (χ1) is 10.5. The lowest BCUT2D eigenvalue weighted by Crippen LogP contribution is -2.33. The second-order valence-corrected chi connectivity index (χ2v) is 5.67. The van der Waals surface area contributed by atoms with E-state index >= 15 is 0 Å². The lowest BCUT2D eigenvalue weighted by Gasteiger charge is -2.14. The van der Waals surface area contributed by atoms with Crippen LogP contribution in [0.5, 0.6) is 0 Å². The summed E-state index contributed by atoms with van der Waals surface area (Å²) in [7, 11) is 0. The third-order valence-corrected chi connectivity index (χ3v) is 3.26. The lowest BCUT2D eigenvalue weighted by atomic mass is 10.1. The van der Waals surface area contributed by atoms with Gasteiger partial charge in [-0.3, -0.25) is 9.59 Å². The number of nitrogens with one attached hydrogen (secondary N) is 1. The zero-order chi connectivity index (χ0) is 16.4. The van der Waals surface area contributed by atoms with Gasteiger partial charge in [-0.25, -0.2) is 0 Å². The molecule has 0 aliphatic carbocycles. The molecule has 22 heavy (non-hydrogen) atoms. The van der Waals surface area contributed by atoms with Crippen LogP contribution in [0.15, 0.2) is 30.3 Å². The summed E-state index contributed by atoms with van der Waals surface area (Å²) in [5, 5.41) is 2.86. The molecule has 0 aromatic heterocycles. The van der Waals surface area contributed by atoms with Crippen LogP contribution in [0.4, 0.5) is 0 Å². The van der Waals surface area contributed by atoms with Gasteiger partial charge in [-0.05, 0) is 32.3 Å². The summed E-state index contributed by atoms with van der Waals surface area (Å²) in [6, 6.07) is 9.52. The Morgan fingerprint density at radius 1 is 1.14 bits per heavy atom. The monoisotopic (exact) mass is 306 g/mol. The van der Waals surface area contributed by atoms with Gasteiger partial charge in [0.05, 0.1) is 0 Å². The van der Waals surface area contributed by atoms with Crippen molar-refractivity contribution in [3.05, 3.63) is 35.9 Å². The number of carbonyl (C=O) groups excluding carboxylic acids is 2. The number of ether oxygens (including phenoxy) is 1. The van der Waals surface area contributed by atoms with E-state index in [-0.39, 0.29) is 30.6 Å². The molecule has 0 bridgehead atoms. The molecular formula is C17H26N2O3. The molecule has 0 saturated carbocycles. The Morgan fingerprint density at radius 2 is 1.82 bits per heavy atom. The topological polar surface area (TPSA) is 81.4 Å². The van der Waals surface area contributed by atoms with Gasteiger partial charge in [0.2, 0.25) is 5.91 Å². The van der Waals surface area contributed by atoms with Crippen molar-refractivity contribution in [3.63, 3.8) is 0 Å². The zero-order valence-corrected chi connectivity index (χ0v) is 13.4. The highest BCUT2D eigenvalue weighted by Crippen LogP contribution is 2.04. The largest absolute Gasteiger partial charge is 0.461 e. The number of benzene rings is 1. The van der Waals surface area contributed by atoms with Gasteiger partial charge in [0.25, 0.3) is 0 Å². The number of hydrogen-bond donors (Lipinski definition) is 2. The van der Waals surface area contributed by atoms with E-state index < -0.39 is 0 Å². The summed E-state index contributed by atoms with van der Waals surface area (Å²) < 4.78 is 5.19. The predicted molar refractivity (Wildman–Crippen MR) is 86.0 cm³/mol. The molecule has 3 N–H and O–H groups in total. The molecule has 2 unspecified atom stereocenters. The molecule has 0 saturated heterocycles. The average molecular weight is 306 g/mol. The van der Waals surface area contributed by atoms with Gasteiger partial charge in [-0.15, -0.1) is 0 Å². The average Bonchev–Trinajstić information content (AvgIpc) is 2.50. The van der Waals surface area contributed by atoms with Crippen molar-refractivity contribution in [2.24, 2.45) is 5.73 Å². The highest BCUT2D eigenvalue weighted by atomic mass is 16.5. The van der Waals surface area contributed by atoms with Gasteiger partial charge >= 0.3 is 5.97 Å². The summed E-state index contributed by atoms with van der Waals surface area (Å²) in [6.45, 7) is 4.04. The number of carbonyl (C=O) groups is 2. The standard InChI is InChI=1S/C17H26N2O3/c1-13(18)8-10-16(20)19-14(2)9-11-17(21)22-12-15-6-4-3-5-7-15/h3-7,13-14H,8-12,18H2,1-2H3,(H,19,20). The Kier molecular flexibility index (Phi) is 8.22. The highest BCUT2D eigenvalue weighted by molar-refractivity contribution is 5.76. The molecule has 0 aliphatic rings. The zero-order valence-electron chi connectivity index (χ0n) is 13.4. The van der Waals surface area contributed by atoms with Gasteiger partial charge in [-0.2, -0.15) is 0 Å². The summed E-state index contributed by atoms with van der Waals surface area (Å²) >= 11 is 0. The quantitative estimate of drug-likeness (QED) is 0.685. The molecule has 1 aromatic rings. The smallest absolute Gasteiger partial charge is 0.306 e. The fourth-order valence-electron chi connectivity index (χ4n) is 1.92. The van der Waals surface area contributed by atoms with Crippen LogP contribution in [-0.2, 0) is 20.9 Å². The Hall–Kier alpha value is -1.88. The first-order valence-electron chi connectivity index (χ1n) is 7.72. The van der Waals surface area contributed by atoms with Gasteiger partial charge in [0.1, 0.15) is 6.61 Å². The van der Waals surface area contributed by atoms with Crippen LogP contribution in [0, 0.1) is 0 Å². The molecule has 1 aromatic carbocycles. The van der Waals surface area contributed by atoms with Crippen LogP contribution >= 0.6 is 0 Å². The Balaban J connectivity index is 2.16. The van der Waals surface area contributed by atoms with Gasteiger partial charge in [0, 0.05) is 24.9 Å². The number of nitrogens with two attached hydrogens (primary N) is 1. The molecular weight excluding hydrogens is 280 g/mol. The molecule has 1 rings (SSSR count). The van der Waals surface area contributed by atoms with E-state index in [1.54, 1.807) is 0 Å². The highest BCUT2D eigenvalue weighted by Gasteiger charge is 2.11. The summed E-state index contributed by atoms with van der Waals surface area (Å²) in [6.07, 6.45) is 1.94. The molecule has 0 radical (unpaired) electrons. The van der Waals surface area contributed by atoms with Crippen molar-refractivity contribution < 1.29 is 14.3 Å². The Morgan fingerprint density at radius 3 is 2.45 bits per heavy atom.